The third-order valence-electron chi connectivity index (χ3n) is 4.79. The molecule has 0 saturated carbocycles. The summed E-state index contributed by atoms with van der Waals surface area (Å²) in [4.78, 5) is 16.7. The molecule has 2 heterocycles. The Morgan fingerprint density at radius 2 is 2.00 bits per heavy atom. The van der Waals surface area contributed by atoms with Gasteiger partial charge in [-0.2, -0.15) is 13.2 Å². The molecule has 2 saturated heterocycles. The van der Waals surface area contributed by atoms with Crippen LogP contribution in [-0.4, -0.2) is 54.5 Å². The summed E-state index contributed by atoms with van der Waals surface area (Å²) in [5, 5.41) is 2.83. The predicted molar refractivity (Wildman–Crippen MR) is 85.7 cm³/mol. The van der Waals surface area contributed by atoms with Crippen LogP contribution in [0, 0.1) is 0 Å². The van der Waals surface area contributed by atoms with Crippen molar-refractivity contribution in [1.82, 2.24) is 9.80 Å². The third-order valence-corrected chi connectivity index (χ3v) is 4.79. The van der Waals surface area contributed by atoms with Crippen molar-refractivity contribution in [2.45, 2.75) is 31.5 Å². The van der Waals surface area contributed by atoms with E-state index in [1.54, 1.807) is 6.07 Å². The van der Waals surface area contributed by atoms with E-state index in [1.807, 2.05) is 4.90 Å². The van der Waals surface area contributed by atoms with E-state index in [4.69, 9.17) is 0 Å². The topological polar surface area (TPSA) is 35.6 Å². The van der Waals surface area contributed by atoms with Crippen LogP contribution in [0.3, 0.4) is 0 Å². The van der Waals surface area contributed by atoms with Gasteiger partial charge >= 0.3 is 6.18 Å². The Labute approximate surface area is 139 Å². The lowest BCUT2D eigenvalue weighted by Gasteiger charge is -2.26. The number of rotatable bonds is 3. The van der Waals surface area contributed by atoms with Gasteiger partial charge in [0.15, 0.2) is 0 Å². The fraction of sp³-hybridized carbons (Fsp3) is 0.588. The molecule has 4 nitrogen and oxygen atoms in total. The van der Waals surface area contributed by atoms with Crippen LogP contribution >= 0.6 is 0 Å². The fourth-order valence-corrected chi connectivity index (χ4v) is 3.53. The predicted octanol–water partition coefficient (Wildman–Crippen LogP) is 2.81. The largest absolute Gasteiger partial charge is 0.416 e. The number of halogens is 3. The molecule has 0 radical (unpaired) electrons. The maximum absolute atomic E-state index is 12.7. The molecule has 2 fully saturated rings. The van der Waals surface area contributed by atoms with Gasteiger partial charge < -0.3 is 10.2 Å². The quantitative estimate of drug-likeness (QED) is 0.918. The Balaban J connectivity index is 1.57. The number of carbonyl (C=O) groups excluding carboxylic acids is 1. The summed E-state index contributed by atoms with van der Waals surface area (Å²) in [6.45, 7) is 3.60. The number of fused-ring (bicyclic) bond motifs is 1. The van der Waals surface area contributed by atoms with Gasteiger partial charge in [-0.05, 0) is 44.0 Å². The molecule has 1 aromatic carbocycles. The van der Waals surface area contributed by atoms with Crippen LogP contribution in [0.1, 0.15) is 24.8 Å². The van der Waals surface area contributed by atoms with E-state index < -0.39 is 11.7 Å². The molecule has 0 aromatic heterocycles. The highest BCUT2D eigenvalue weighted by molar-refractivity contribution is 5.81. The zero-order valence-corrected chi connectivity index (χ0v) is 13.5. The van der Waals surface area contributed by atoms with Crippen molar-refractivity contribution in [2.24, 2.45) is 0 Å². The van der Waals surface area contributed by atoms with E-state index in [0.29, 0.717) is 11.7 Å². The Kier molecular flexibility index (Phi) is 4.99. The van der Waals surface area contributed by atoms with Gasteiger partial charge in [0.05, 0.1) is 12.1 Å². The first kappa shape index (κ1) is 17.1. The smallest absolute Gasteiger partial charge is 0.376 e. The normalized spacial score (nSPS) is 22.1. The Bertz CT molecular complexity index is 591. The van der Waals surface area contributed by atoms with Crippen LogP contribution in [0.4, 0.5) is 18.9 Å². The van der Waals surface area contributed by atoms with Gasteiger partial charge in [0.2, 0.25) is 5.91 Å². The number of anilines is 1. The maximum Gasteiger partial charge on any atom is 0.416 e. The molecule has 2 aliphatic heterocycles. The minimum absolute atomic E-state index is 0.0219. The molecular formula is C17H22F3N3O. The molecule has 2 aliphatic rings. The van der Waals surface area contributed by atoms with Gasteiger partial charge in [-0.1, -0.05) is 6.07 Å². The molecule has 0 unspecified atom stereocenters. The monoisotopic (exact) mass is 341 g/mol. The third kappa shape index (κ3) is 4.01. The zero-order valence-electron chi connectivity index (χ0n) is 13.5. The number of nitrogens with zero attached hydrogens (tertiary/aromatic N) is 2. The second-order valence-corrected chi connectivity index (χ2v) is 6.46. The van der Waals surface area contributed by atoms with Crippen molar-refractivity contribution >= 4 is 11.6 Å². The average Bonchev–Trinajstić information content (AvgIpc) is 2.89. The highest BCUT2D eigenvalue weighted by Gasteiger charge is 2.31. The summed E-state index contributed by atoms with van der Waals surface area (Å²) in [6, 6.07) is 5.39. The van der Waals surface area contributed by atoms with E-state index in [1.165, 1.54) is 12.5 Å². The standard InChI is InChI=1S/C17H22F3N3O/c18-17(19,20)13-4-1-5-14(10-13)21-11-16(24)23-9-3-8-22-7-2-6-15(22)12-23/h1,4-5,10,15,21H,2-3,6-9,11-12H2/t15-/m1/s1. The first-order valence-corrected chi connectivity index (χ1v) is 8.36. The fourth-order valence-electron chi connectivity index (χ4n) is 3.53. The molecule has 1 N–H and O–H groups in total. The average molecular weight is 341 g/mol. The number of benzene rings is 1. The molecule has 24 heavy (non-hydrogen) atoms. The first-order valence-electron chi connectivity index (χ1n) is 8.36. The van der Waals surface area contributed by atoms with Gasteiger partial charge in [0.25, 0.3) is 0 Å². The zero-order chi connectivity index (χ0) is 17.2. The van der Waals surface area contributed by atoms with Gasteiger partial charge in [-0.3, -0.25) is 9.69 Å². The molecule has 1 aromatic rings. The second kappa shape index (κ2) is 7.01. The van der Waals surface area contributed by atoms with Crippen LogP contribution < -0.4 is 5.32 Å². The molecule has 3 rings (SSSR count). The van der Waals surface area contributed by atoms with Crippen LogP contribution in [0.15, 0.2) is 24.3 Å². The Hall–Kier alpha value is -1.76. The van der Waals surface area contributed by atoms with Crippen molar-refractivity contribution in [1.29, 1.82) is 0 Å². The lowest BCUT2D eigenvalue weighted by molar-refractivity contribution is -0.137. The molecule has 1 atom stereocenters. The number of hydrogen-bond donors (Lipinski definition) is 1. The second-order valence-electron chi connectivity index (χ2n) is 6.46. The van der Waals surface area contributed by atoms with Crippen molar-refractivity contribution in [3.05, 3.63) is 29.8 Å². The minimum atomic E-state index is -4.38. The van der Waals surface area contributed by atoms with Crippen LogP contribution in [0.25, 0.3) is 0 Å². The van der Waals surface area contributed by atoms with Crippen molar-refractivity contribution in [3.63, 3.8) is 0 Å². The molecule has 0 spiro atoms. The highest BCUT2D eigenvalue weighted by atomic mass is 19.4. The molecule has 0 aliphatic carbocycles. The highest BCUT2D eigenvalue weighted by Crippen LogP contribution is 2.30. The maximum atomic E-state index is 12.7. The van der Waals surface area contributed by atoms with E-state index in [9.17, 15) is 18.0 Å². The van der Waals surface area contributed by atoms with E-state index in [0.717, 1.165) is 51.2 Å². The van der Waals surface area contributed by atoms with Crippen molar-refractivity contribution in [2.75, 3.05) is 38.0 Å². The van der Waals surface area contributed by atoms with E-state index >= 15 is 0 Å². The Morgan fingerprint density at radius 1 is 1.21 bits per heavy atom. The summed E-state index contributed by atoms with van der Waals surface area (Å²) in [6.07, 6.45) is -1.13. The molecule has 132 valence electrons. The van der Waals surface area contributed by atoms with Gasteiger partial charge in [0, 0.05) is 31.4 Å². The van der Waals surface area contributed by atoms with Crippen LogP contribution in [-0.2, 0) is 11.0 Å². The van der Waals surface area contributed by atoms with Crippen molar-refractivity contribution < 1.29 is 18.0 Å². The minimum Gasteiger partial charge on any atom is -0.376 e. The van der Waals surface area contributed by atoms with Gasteiger partial charge in [-0.25, -0.2) is 0 Å². The lowest BCUT2D eigenvalue weighted by atomic mass is 10.2. The molecule has 0 bridgehead atoms. The van der Waals surface area contributed by atoms with E-state index in [-0.39, 0.29) is 12.5 Å². The molecule has 7 heteroatoms. The number of amides is 1. The van der Waals surface area contributed by atoms with Crippen LogP contribution in [0.5, 0.6) is 0 Å². The van der Waals surface area contributed by atoms with Crippen molar-refractivity contribution in [3.8, 4) is 0 Å². The number of alkyl halides is 3. The summed E-state index contributed by atoms with van der Waals surface area (Å²) in [7, 11) is 0. The summed E-state index contributed by atoms with van der Waals surface area (Å²) >= 11 is 0. The van der Waals surface area contributed by atoms with Gasteiger partial charge in [0.1, 0.15) is 0 Å². The lowest BCUT2D eigenvalue weighted by Crippen LogP contribution is -2.41. The van der Waals surface area contributed by atoms with E-state index in [2.05, 4.69) is 10.2 Å². The van der Waals surface area contributed by atoms with Gasteiger partial charge in [-0.15, -0.1) is 0 Å². The molecular weight excluding hydrogens is 319 g/mol. The first-order chi connectivity index (χ1) is 11.4. The number of hydrogen-bond acceptors (Lipinski definition) is 3. The SMILES string of the molecule is O=C(CNc1cccc(C(F)(F)F)c1)N1CCCN2CCC[C@@H]2C1. The summed E-state index contributed by atoms with van der Waals surface area (Å²) < 4.78 is 38.2. The summed E-state index contributed by atoms with van der Waals surface area (Å²) in [5.41, 5.74) is -0.396. The number of nitrogens with one attached hydrogen (secondary N) is 1. The summed E-state index contributed by atoms with van der Waals surface area (Å²) in [5.74, 6) is -0.0545. The molecule has 1 amide bonds. The van der Waals surface area contributed by atoms with Crippen LogP contribution in [0.2, 0.25) is 0 Å². The number of carbonyl (C=O) groups is 1. The Morgan fingerprint density at radius 3 is 2.79 bits per heavy atom.